The van der Waals surface area contributed by atoms with E-state index in [1.807, 2.05) is 0 Å². The molecular weight excluding hydrogens is 236 g/mol. The van der Waals surface area contributed by atoms with Crippen LogP contribution >= 0.6 is 0 Å². The van der Waals surface area contributed by atoms with Crippen molar-refractivity contribution in [1.29, 1.82) is 0 Å². The van der Waals surface area contributed by atoms with Crippen LogP contribution in [0, 0.1) is 5.92 Å². The Balaban J connectivity index is 1.25. The van der Waals surface area contributed by atoms with Gasteiger partial charge in [0.15, 0.2) is 5.82 Å². The van der Waals surface area contributed by atoms with Crippen molar-refractivity contribution in [2.24, 2.45) is 5.92 Å². The molecule has 1 aliphatic heterocycles. The van der Waals surface area contributed by atoms with Crippen LogP contribution in [0.5, 0.6) is 0 Å². The van der Waals surface area contributed by atoms with Crippen LogP contribution in [0.4, 0.5) is 5.82 Å². The van der Waals surface area contributed by atoms with Gasteiger partial charge in [-0.1, -0.05) is 6.42 Å². The van der Waals surface area contributed by atoms with Crippen LogP contribution in [-0.4, -0.2) is 35.9 Å². The largest absolute Gasteiger partial charge is 0.354 e. The molecule has 4 nitrogen and oxygen atoms in total. The first kappa shape index (κ1) is 11.6. The molecule has 1 aromatic rings. The second-order valence-electron chi connectivity index (χ2n) is 6.40. The molecule has 0 bridgehead atoms. The van der Waals surface area contributed by atoms with E-state index in [9.17, 15) is 0 Å². The molecule has 4 rings (SSSR count). The van der Waals surface area contributed by atoms with Crippen LogP contribution in [0.1, 0.15) is 43.7 Å². The number of hydrogen-bond acceptors (Lipinski definition) is 4. The number of nitrogens with one attached hydrogen (secondary N) is 1. The summed E-state index contributed by atoms with van der Waals surface area (Å²) in [7, 11) is 0. The Morgan fingerprint density at radius 2 is 1.95 bits per heavy atom. The second kappa shape index (κ2) is 4.75. The normalized spacial score (nSPS) is 24.1. The summed E-state index contributed by atoms with van der Waals surface area (Å²) in [6.45, 7) is 3.45. The fraction of sp³-hybridized carbons (Fsp3) is 0.733. The third-order valence-corrected chi connectivity index (χ3v) is 4.75. The summed E-state index contributed by atoms with van der Waals surface area (Å²) in [6, 6.07) is 5.13. The molecule has 1 saturated heterocycles. The summed E-state index contributed by atoms with van der Waals surface area (Å²) >= 11 is 0. The molecule has 0 spiro atoms. The summed E-state index contributed by atoms with van der Waals surface area (Å²) in [5.41, 5.74) is 1.19. The van der Waals surface area contributed by atoms with E-state index in [4.69, 9.17) is 0 Å². The molecular formula is C15H22N4. The average Bonchev–Trinajstić information content (AvgIpc) is 3.14. The predicted molar refractivity (Wildman–Crippen MR) is 75.4 cm³/mol. The lowest BCUT2D eigenvalue weighted by atomic mass is 9.91. The molecule has 102 valence electrons. The minimum Gasteiger partial charge on any atom is -0.354 e. The van der Waals surface area contributed by atoms with Crippen molar-refractivity contribution in [3.8, 4) is 0 Å². The van der Waals surface area contributed by atoms with Crippen LogP contribution in [0.3, 0.4) is 0 Å². The molecule has 3 aliphatic rings. The molecule has 1 aromatic heterocycles. The Bertz CT molecular complexity index is 430. The fourth-order valence-electron chi connectivity index (χ4n) is 2.93. The van der Waals surface area contributed by atoms with Crippen LogP contribution in [-0.2, 0) is 0 Å². The first-order valence-electron chi connectivity index (χ1n) is 7.70. The van der Waals surface area contributed by atoms with Crippen LogP contribution in [0.2, 0.25) is 0 Å². The van der Waals surface area contributed by atoms with E-state index in [2.05, 4.69) is 32.5 Å². The van der Waals surface area contributed by atoms with Crippen LogP contribution in [0.15, 0.2) is 12.1 Å². The Morgan fingerprint density at radius 1 is 1.11 bits per heavy atom. The minimum absolute atomic E-state index is 0.706. The number of anilines is 1. The number of rotatable bonds is 5. The Kier molecular flexibility index (Phi) is 2.91. The lowest BCUT2D eigenvalue weighted by molar-refractivity contribution is 0.294. The second-order valence-corrected chi connectivity index (χ2v) is 6.40. The first-order chi connectivity index (χ1) is 9.38. The van der Waals surface area contributed by atoms with Gasteiger partial charge in [-0.15, -0.1) is 5.10 Å². The summed E-state index contributed by atoms with van der Waals surface area (Å²) in [5.74, 6) is 2.56. The van der Waals surface area contributed by atoms with Gasteiger partial charge in [0.1, 0.15) is 0 Å². The maximum Gasteiger partial charge on any atom is 0.151 e. The summed E-state index contributed by atoms with van der Waals surface area (Å²) in [4.78, 5) is 2.34. The molecule has 0 amide bonds. The van der Waals surface area contributed by atoms with E-state index in [1.54, 1.807) is 0 Å². The third kappa shape index (κ3) is 2.46. The first-order valence-corrected chi connectivity index (χ1v) is 7.70. The smallest absolute Gasteiger partial charge is 0.151 e. The van der Waals surface area contributed by atoms with Crippen LogP contribution in [0.25, 0.3) is 0 Å². The van der Waals surface area contributed by atoms with Gasteiger partial charge in [-0.2, -0.15) is 5.10 Å². The highest BCUT2D eigenvalue weighted by molar-refractivity contribution is 5.41. The monoisotopic (exact) mass is 258 g/mol. The average molecular weight is 258 g/mol. The van der Waals surface area contributed by atoms with Gasteiger partial charge in [0.2, 0.25) is 0 Å². The van der Waals surface area contributed by atoms with E-state index in [0.717, 1.165) is 30.9 Å². The fourth-order valence-corrected chi connectivity index (χ4v) is 2.93. The molecule has 0 radical (unpaired) electrons. The summed E-state index contributed by atoms with van der Waals surface area (Å²) in [6.07, 6.45) is 6.77. The molecule has 4 heteroatoms. The predicted octanol–water partition coefficient (Wildman–Crippen LogP) is 1.93. The van der Waals surface area contributed by atoms with Gasteiger partial charge in [0.05, 0.1) is 5.69 Å². The van der Waals surface area contributed by atoms with Crippen LogP contribution < -0.4 is 10.2 Å². The van der Waals surface area contributed by atoms with Crippen molar-refractivity contribution < 1.29 is 0 Å². The molecule has 2 saturated carbocycles. The van der Waals surface area contributed by atoms with E-state index in [0.29, 0.717) is 5.92 Å². The third-order valence-electron chi connectivity index (χ3n) is 4.75. The molecule has 2 aliphatic carbocycles. The van der Waals surface area contributed by atoms with Gasteiger partial charge in [-0.05, 0) is 37.8 Å². The topological polar surface area (TPSA) is 41.0 Å². The number of nitrogens with zero attached hydrogens (tertiary/aromatic N) is 3. The Morgan fingerprint density at radius 3 is 2.53 bits per heavy atom. The molecule has 1 N–H and O–H groups in total. The maximum absolute atomic E-state index is 4.37. The van der Waals surface area contributed by atoms with E-state index in [-0.39, 0.29) is 0 Å². The van der Waals surface area contributed by atoms with Gasteiger partial charge < -0.3 is 10.2 Å². The molecule has 0 unspecified atom stereocenters. The van der Waals surface area contributed by atoms with Gasteiger partial charge >= 0.3 is 0 Å². The molecule has 2 heterocycles. The zero-order valence-corrected chi connectivity index (χ0v) is 11.4. The summed E-state index contributed by atoms with van der Waals surface area (Å²) < 4.78 is 0. The van der Waals surface area contributed by atoms with Crippen molar-refractivity contribution in [2.75, 3.05) is 24.5 Å². The number of aromatic nitrogens is 2. The summed E-state index contributed by atoms with van der Waals surface area (Å²) in [5, 5.41) is 12.4. The molecule has 19 heavy (non-hydrogen) atoms. The van der Waals surface area contributed by atoms with Crippen molar-refractivity contribution in [1.82, 2.24) is 15.5 Å². The highest BCUT2D eigenvalue weighted by Gasteiger charge is 2.30. The Hall–Kier alpha value is -1.16. The number of hydrogen-bond donors (Lipinski definition) is 1. The van der Waals surface area contributed by atoms with Crippen molar-refractivity contribution in [3.05, 3.63) is 17.8 Å². The minimum atomic E-state index is 0.706. The molecule has 3 fully saturated rings. The van der Waals surface area contributed by atoms with Gasteiger partial charge in [0, 0.05) is 37.5 Å². The van der Waals surface area contributed by atoms with Gasteiger partial charge in [0.25, 0.3) is 0 Å². The lowest BCUT2D eigenvalue weighted by Gasteiger charge is -2.41. The standard InChI is InChI=1S/C15H22N4/c1-2-13(3-1)16-8-11-9-19(10-11)15-7-6-14(17-18-15)12-4-5-12/h6-7,11-13,16H,1-5,8-10H2. The van der Waals surface area contributed by atoms with E-state index in [1.165, 1.54) is 44.3 Å². The molecule has 0 atom stereocenters. The zero-order valence-electron chi connectivity index (χ0n) is 11.4. The SMILES string of the molecule is c1cc(N2CC(CNC3CCC3)C2)nnc1C1CC1. The quantitative estimate of drug-likeness (QED) is 0.876. The highest BCUT2D eigenvalue weighted by atomic mass is 15.3. The van der Waals surface area contributed by atoms with Crippen molar-refractivity contribution >= 4 is 5.82 Å². The molecule has 0 aromatic carbocycles. The van der Waals surface area contributed by atoms with E-state index >= 15 is 0 Å². The van der Waals surface area contributed by atoms with Gasteiger partial charge in [-0.25, -0.2) is 0 Å². The highest BCUT2D eigenvalue weighted by Crippen LogP contribution is 2.38. The zero-order chi connectivity index (χ0) is 12.7. The van der Waals surface area contributed by atoms with Crippen molar-refractivity contribution in [2.45, 2.75) is 44.1 Å². The van der Waals surface area contributed by atoms with Crippen molar-refractivity contribution in [3.63, 3.8) is 0 Å². The van der Waals surface area contributed by atoms with Gasteiger partial charge in [-0.3, -0.25) is 0 Å². The van der Waals surface area contributed by atoms with E-state index < -0.39 is 0 Å². The Labute approximate surface area is 114 Å². The lowest BCUT2D eigenvalue weighted by Crippen LogP contribution is -2.53. The maximum atomic E-state index is 4.37.